The van der Waals surface area contributed by atoms with E-state index in [-0.39, 0.29) is 6.42 Å². The SMILES string of the molecule is NC(=O)CC1=c2oncc2=c2ccccc2=CN1. The first-order valence-corrected chi connectivity index (χ1v) is 5.54. The minimum Gasteiger partial charge on any atom is -0.369 e. The fourth-order valence-electron chi connectivity index (χ4n) is 2.05. The molecule has 18 heavy (non-hydrogen) atoms. The fourth-order valence-corrected chi connectivity index (χ4v) is 2.05. The number of carbonyl (C=O) groups excluding carboxylic acids is 1. The number of amides is 1. The topological polar surface area (TPSA) is 81.2 Å². The molecule has 1 aliphatic rings. The number of aromatic nitrogens is 1. The zero-order valence-electron chi connectivity index (χ0n) is 9.51. The predicted octanol–water partition coefficient (Wildman–Crippen LogP) is -0.714. The normalized spacial score (nSPS) is 12.8. The average Bonchev–Trinajstić information content (AvgIpc) is 2.78. The monoisotopic (exact) mass is 241 g/mol. The quantitative estimate of drug-likeness (QED) is 0.727. The molecule has 0 spiro atoms. The standard InChI is InChI=1S/C13H11N3O2/c14-12(17)5-11-13-10(7-16-18-13)9-4-2-1-3-8(9)6-15-11/h1-4,6-7,15H,5H2,(H2,14,17). The zero-order valence-corrected chi connectivity index (χ0v) is 9.51. The molecule has 0 saturated heterocycles. The lowest BCUT2D eigenvalue weighted by molar-refractivity contribution is -0.117. The van der Waals surface area contributed by atoms with Gasteiger partial charge >= 0.3 is 0 Å². The third kappa shape index (κ3) is 1.66. The molecular weight excluding hydrogens is 230 g/mol. The summed E-state index contributed by atoms with van der Waals surface area (Å²) in [5, 5.41) is 9.76. The van der Waals surface area contributed by atoms with Crippen LogP contribution in [-0.2, 0) is 4.79 Å². The number of carbonyl (C=O) groups is 1. The Morgan fingerprint density at radius 3 is 3.00 bits per heavy atom. The summed E-state index contributed by atoms with van der Waals surface area (Å²) in [6, 6.07) is 7.86. The lowest BCUT2D eigenvalue weighted by atomic mass is 10.2. The molecule has 0 radical (unpaired) electrons. The summed E-state index contributed by atoms with van der Waals surface area (Å²) < 4.78 is 5.23. The van der Waals surface area contributed by atoms with Crippen molar-refractivity contribution in [2.24, 2.45) is 5.73 Å². The van der Waals surface area contributed by atoms with Crippen molar-refractivity contribution < 1.29 is 9.32 Å². The van der Waals surface area contributed by atoms with Crippen molar-refractivity contribution in [3.05, 3.63) is 51.5 Å². The fraction of sp³-hybridized carbons (Fsp3) is 0.0769. The lowest BCUT2D eigenvalue weighted by Gasteiger charge is -2.01. The summed E-state index contributed by atoms with van der Waals surface area (Å²) in [5.74, 6) is -0.417. The van der Waals surface area contributed by atoms with E-state index in [1.54, 1.807) is 6.20 Å². The van der Waals surface area contributed by atoms with Gasteiger partial charge < -0.3 is 15.6 Å². The third-order valence-electron chi connectivity index (χ3n) is 2.85. The van der Waals surface area contributed by atoms with Crippen molar-refractivity contribution >= 4 is 17.8 Å². The molecule has 3 rings (SSSR count). The van der Waals surface area contributed by atoms with E-state index < -0.39 is 5.91 Å². The van der Waals surface area contributed by atoms with Gasteiger partial charge in [0.2, 0.25) is 5.91 Å². The van der Waals surface area contributed by atoms with E-state index in [4.69, 9.17) is 10.3 Å². The van der Waals surface area contributed by atoms with Gasteiger partial charge in [-0.3, -0.25) is 4.79 Å². The van der Waals surface area contributed by atoms with Gasteiger partial charge in [-0.15, -0.1) is 0 Å². The van der Waals surface area contributed by atoms with E-state index in [1.807, 2.05) is 30.5 Å². The molecule has 0 bridgehead atoms. The van der Waals surface area contributed by atoms with Crippen LogP contribution in [0.2, 0.25) is 0 Å². The number of nitrogens with two attached hydrogens (primary N) is 1. The summed E-state index contributed by atoms with van der Waals surface area (Å²) in [5.41, 5.74) is 6.43. The molecule has 1 aromatic heterocycles. The number of rotatable bonds is 2. The number of nitrogens with zero attached hydrogens (tertiary/aromatic N) is 1. The summed E-state index contributed by atoms with van der Waals surface area (Å²) >= 11 is 0. The maximum Gasteiger partial charge on any atom is 0.223 e. The van der Waals surface area contributed by atoms with E-state index in [9.17, 15) is 4.79 Å². The van der Waals surface area contributed by atoms with Gasteiger partial charge in [0, 0.05) is 6.20 Å². The van der Waals surface area contributed by atoms with Crippen molar-refractivity contribution in [1.82, 2.24) is 10.5 Å². The van der Waals surface area contributed by atoms with Crippen LogP contribution in [0, 0.1) is 10.4 Å². The Bertz CT molecular complexity index is 820. The van der Waals surface area contributed by atoms with Crippen molar-refractivity contribution in [2.75, 3.05) is 0 Å². The van der Waals surface area contributed by atoms with E-state index in [1.165, 1.54) is 0 Å². The number of fused-ring (bicyclic) bond motifs is 2. The molecule has 0 aliphatic carbocycles. The zero-order chi connectivity index (χ0) is 12.5. The van der Waals surface area contributed by atoms with Crippen LogP contribution >= 0.6 is 0 Å². The van der Waals surface area contributed by atoms with Gasteiger partial charge in [-0.25, -0.2) is 0 Å². The Hall–Kier alpha value is -2.56. The van der Waals surface area contributed by atoms with E-state index in [0.29, 0.717) is 11.1 Å². The first-order chi connectivity index (χ1) is 8.75. The molecule has 0 unspecified atom stereocenters. The molecule has 0 saturated carbocycles. The average molecular weight is 241 g/mol. The van der Waals surface area contributed by atoms with Crippen LogP contribution < -0.4 is 21.7 Å². The van der Waals surface area contributed by atoms with E-state index >= 15 is 0 Å². The van der Waals surface area contributed by atoms with Crippen molar-refractivity contribution in [3.8, 4) is 0 Å². The van der Waals surface area contributed by atoms with Crippen molar-refractivity contribution in [3.63, 3.8) is 0 Å². The first kappa shape index (κ1) is 10.6. The highest BCUT2D eigenvalue weighted by atomic mass is 16.5. The molecule has 2 heterocycles. The highest BCUT2D eigenvalue weighted by molar-refractivity contribution is 5.82. The van der Waals surface area contributed by atoms with Gasteiger partial charge in [0.15, 0.2) is 5.42 Å². The van der Waals surface area contributed by atoms with Crippen LogP contribution in [0.3, 0.4) is 0 Å². The highest BCUT2D eigenvalue weighted by Crippen LogP contribution is 1.99. The van der Waals surface area contributed by atoms with Crippen LogP contribution in [0.5, 0.6) is 0 Å². The number of benzene rings is 1. The van der Waals surface area contributed by atoms with Crippen LogP contribution in [0.25, 0.3) is 11.9 Å². The predicted molar refractivity (Wildman–Crippen MR) is 64.7 cm³/mol. The summed E-state index contributed by atoms with van der Waals surface area (Å²) in [6.07, 6.45) is 3.58. The minimum atomic E-state index is -0.417. The molecule has 0 fully saturated rings. The Balaban J connectivity index is 2.47. The van der Waals surface area contributed by atoms with E-state index in [0.717, 1.165) is 15.7 Å². The van der Waals surface area contributed by atoms with Crippen molar-refractivity contribution in [1.29, 1.82) is 0 Å². The molecule has 3 N–H and O–H groups in total. The maximum absolute atomic E-state index is 11.1. The molecule has 1 aromatic carbocycles. The second-order valence-corrected chi connectivity index (χ2v) is 4.07. The van der Waals surface area contributed by atoms with Gasteiger partial charge in [-0.05, 0) is 10.4 Å². The Morgan fingerprint density at radius 2 is 2.17 bits per heavy atom. The molecule has 1 aliphatic heterocycles. The van der Waals surface area contributed by atoms with E-state index in [2.05, 4.69) is 10.5 Å². The minimum absolute atomic E-state index is 0.0900. The molecule has 0 atom stereocenters. The van der Waals surface area contributed by atoms with Crippen LogP contribution in [0.1, 0.15) is 6.42 Å². The van der Waals surface area contributed by atoms with Crippen LogP contribution in [0.15, 0.2) is 35.0 Å². The molecule has 1 amide bonds. The maximum atomic E-state index is 11.1. The number of primary amides is 1. The van der Waals surface area contributed by atoms with Crippen LogP contribution in [0.4, 0.5) is 0 Å². The Kier molecular flexibility index (Phi) is 2.37. The smallest absolute Gasteiger partial charge is 0.223 e. The second-order valence-electron chi connectivity index (χ2n) is 4.07. The Morgan fingerprint density at radius 1 is 1.33 bits per heavy atom. The largest absolute Gasteiger partial charge is 0.369 e. The number of hydrogen-bond acceptors (Lipinski definition) is 4. The van der Waals surface area contributed by atoms with Gasteiger partial charge in [0.25, 0.3) is 0 Å². The van der Waals surface area contributed by atoms with Crippen LogP contribution in [-0.4, -0.2) is 11.1 Å². The summed E-state index contributed by atoms with van der Waals surface area (Å²) in [7, 11) is 0. The van der Waals surface area contributed by atoms with Gasteiger partial charge in [0.1, 0.15) is 0 Å². The molecule has 5 nitrogen and oxygen atoms in total. The Labute approximate surface area is 102 Å². The third-order valence-corrected chi connectivity index (χ3v) is 2.85. The molecule has 90 valence electrons. The second kappa shape index (κ2) is 4.03. The summed E-state index contributed by atoms with van der Waals surface area (Å²) in [6.45, 7) is 0. The van der Waals surface area contributed by atoms with Gasteiger partial charge in [-0.2, -0.15) is 0 Å². The molecule has 2 aromatic rings. The number of nitrogens with one attached hydrogen (secondary N) is 1. The molecular formula is C13H11N3O2. The van der Waals surface area contributed by atoms with Gasteiger partial charge in [0.05, 0.1) is 23.5 Å². The molecule has 5 heteroatoms. The highest BCUT2D eigenvalue weighted by Gasteiger charge is 2.08. The number of hydrogen-bond donors (Lipinski definition) is 2. The lowest BCUT2D eigenvalue weighted by Crippen LogP contribution is -2.21. The van der Waals surface area contributed by atoms with Gasteiger partial charge in [-0.1, -0.05) is 29.4 Å². The summed E-state index contributed by atoms with van der Waals surface area (Å²) in [4.78, 5) is 11.1. The first-order valence-electron chi connectivity index (χ1n) is 5.54. The van der Waals surface area contributed by atoms with Crippen molar-refractivity contribution in [2.45, 2.75) is 6.42 Å².